The maximum Gasteiger partial charge on any atom is 0.416 e. The Labute approximate surface area is 217 Å². The van der Waals surface area contributed by atoms with Crippen LogP contribution in [0.3, 0.4) is 0 Å². The predicted molar refractivity (Wildman–Crippen MR) is 131 cm³/mol. The van der Waals surface area contributed by atoms with Crippen molar-refractivity contribution in [3.05, 3.63) is 64.7 Å². The number of likely N-dealkylation sites (N-methyl/N-ethyl adjacent to an activating group) is 2. The van der Waals surface area contributed by atoms with Crippen LogP contribution in [0.1, 0.15) is 46.3 Å². The van der Waals surface area contributed by atoms with E-state index in [-0.39, 0.29) is 29.3 Å². The number of benzene rings is 2. The van der Waals surface area contributed by atoms with Gasteiger partial charge >= 0.3 is 6.18 Å². The van der Waals surface area contributed by atoms with E-state index < -0.39 is 46.9 Å². The van der Waals surface area contributed by atoms with Crippen molar-refractivity contribution in [2.75, 3.05) is 20.6 Å². The number of hydrogen-bond donors (Lipinski definition) is 2. The van der Waals surface area contributed by atoms with Gasteiger partial charge in [-0.25, -0.2) is 0 Å². The first-order valence-electron chi connectivity index (χ1n) is 12.5. The number of aromatic hydroxyl groups is 1. The van der Waals surface area contributed by atoms with Gasteiger partial charge < -0.3 is 19.8 Å². The third-order valence-electron chi connectivity index (χ3n) is 9.00. The van der Waals surface area contributed by atoms with Crippen molar-refractivity contribution in [1.82, 2.24) is 9.80 Å². The molecule has 2 bridgehead atoms. The van der Waals surface area contributed by atoms with E-state index in [1.165, 1.54) is 35.3 Å². The van der Waals surface area contributed by atoms with Gasteiger partial charge in [-0.05, 0) is 68.8 Å². The molecule has 1 amide bonds. The van der Waals surface area contributed by atoms with Crippen molar-refractivity contribution in [3.63, 3.8) is 0 Å². The molecule has 1 spiro atoms. The van der Waals surface area contributed by atoms with Gasteiger partial charge in [0.05, 0.1) is 17.0 Å². The number of amides is 1. The van der Waals surface area contributed by atoms with Crippen molar-refractivity contribution in [3.8, 4) is 11.5 Å². The molecule has 2 aromatic carbocycles. The molecule has 6 rings (SSSR count). The molecule has 10 heteroatoms. The van der Waals surface area contributed by atoms with Gasteiger partial charge in [0.1, 0.15) is 17.7 Å². The molecule has 2 fully saturated rings. The highest BCUT2D eigenvalue weighted by Gasteiger charge is 2.75. The number of ether oxygens (including phenoxy) is 1. The van der Waals surface area contributed by atoms with E-state index in [2.05, 4.69) is 0 Å². The van der Waals surface area contributed by atoms with Crippen LogP contribution in [0.2, 0.25) is 0 Å². The van der Waals surface area contributed by atoms with Crippen LogP contribution in [-0.4, -0.2) is 76.1 Å². The van der Waals surface area contributed by atoms with Crippen molar-refractivity contribution >= 4 is 17.8 Å². The maximum absolute atomic E-state index is 13.5. The van der Waals surface area contributed by atoms with Crippen LogP contribution in [0, 0.1) is 0 Å². The van der Waals surface area contributed by atoms with Crippen molar-refractivity contribution in [1.29, 1.82) is 0 Å². The molecule has 0 aromatic heterocycles. The lowest BCUT2D eigenvalue weighted by atomic mass is 9.48. The largest absolute Gasteiger partial charge is 0.504 e. The number of alkyl halides is 3. The quantitative estimate of drug-likeness (QED) is 0.594. The molecule has 7 nitrogen and oxygen atoms in total. The minimum absolute atomic E-state index is 0.128. The van der Waals surface area contributed by atoms with E-state index in [4.69, 9.17) is 4.74 Å². The van der Waals surface area contributed by atoms with E-state index in [9.17, 15) is 33.0 Å². The molecule has 1 saturated carbocycles. The minimum Gasteiger partial charge on any atom is -0.504 e. The molecule has 2 aliphatic carbocycles. The number of rotatable bonds is 3. The van der Waals surface area contributed by atoms with Gasteiger partial charge in [0, 0.05) is 24.3 Å². The molecule has 2 aliphatic heterocycles. The second-order valence-corrected chi connectivity index (χ2v) is 10.8. The van der Waals surface area contributed by atoms with E-state index in [0.29, 0.717) is 30.5 Å². The first-order chi connectivity index (χ1) is 17.9. The van der Waals surface area contributed by atoms with Gasteiger partial charge in [0.2, 0.25) is 5.91 Å². The average Bonchev–Trinajstić information content (AvgIpc) is 3.22. The number of likely N-dealkylation sites (tertiary alicyclic amines) is 1. The predicted octanol–water partition coefficient (Wildman–Crippen LogP) is 3.38. The van der Waals surface area contributed by atoms with E-state index in [0.717, 1.165) is 12.1 Å². The van der Waals surface area contributed by atoms with Gasteiger partial charge in [-0.1, -0.05) is 12.1 Å². The van der Waals surface area contributed by atoms with Gasteiger partial charge in [0.15, 0.2) is 17.3 Å². The Hall–Kier alpha value is -3.37. The highest BCUT2D eigenvalue weighted by Crippen LogP contribution is 2.65. The number of nitrogens with zero attached hydrogens (tertiary/aromatic N) is 2. The Morgan fingerprint density at radius 2 is 2.00 bits per heavy atom. The molecule has 5 atom stereocenters. The third kappa shape index (κ3) is 3.16. The summed E-state index contributed by atoms with van der Waals surface area (Å²) in [4.78, 5) is 30.1. The fourth-order valence-electron chi connectivity index (χ4n) is 7.26. The normalized spacial score (nSPS) is 31.7. The number of phenolic OH excluding ortho intramolecular Hbond substituents is 1. The minimum atomic E-state index is -4.49. The fourth-order valence-corrected chi connectivity index (χ4v) is 7.26. The van der Waals surface area contributed by atoms with Crippen molar-refractivity contribution in [2.24, 2.45) is 0 Å². The van der Waals surface area contributed by atoms with Crippen LogP contribution in [0.15, 0.2) is 42.5 Å². The summed E-state index contributed by atoms with van der Waals surface area (Å²) in [6.45, 7) is 0.521. The highest BCUT2D eigenvalue weighted by atomic mass is 19.4. The SMILES string of the molecule is CN1CC[C@]23c4c5ccc(O)c4O[C@H]2[C@@H](N(C)C(=O)C=Cc2cccc(C(F)(F)F)c2)CC[C@@]3(O)[C@H]1C5=O. The molecule has 38 heavy (non-hydrogen) atoms. The lowest BCUT2D eigenvalue weighted by Gasteiger charge is -2.63. The van der Waals surface area contributed by atoms with Crippen molar-refractivity contribution < 1.29 is 37.7 Å². The molecule has 2 N–H and O–H groups in total. The Bertz CT molecular complexity index is 1390. The summed E-state index contributed by atoms with van der Waals surface area (Å²) in [5.74, 6) is -0.598. The number of piperidine rings is 1. The summed E-state index contributed by atoms with van der Waals surface area (Å²) in [6, 6.07) is 6.43. The zero-order valence-electron chi connectivity index (χ0n) is 20.8. The molecule has 0 radical (unpaired) electrons. The van der Waals surface area contributed by atoms with Gasteiger partial charge in [-0.15, -0.1) is 0 Å². The zero-order chi connectivity index (χ0) is 27.2. The summed E-state index contributed by atoms with van der Waals surface area (Å²) >= 11 is 0. The van der Waals surface area contributed by atoms with Crippen LogP contribution in [0.5, 0.6) is 11.5 Å². The number of ketones is 1. The van der Waals surface area contributed by atoms with Crippen LogP contribution in [0.25, 0.3) is 6.08 Å². The third-order valence-corrected chi connectivity index (χ3v) is 9.00. The van der Waals surface area contributed by atoms with Crippen LogP contribution >= 0.6 is 0 Å². The molecule has 200 valence electrons. The number of carbonyl (C=O) groups is 2. The van der Waals surface area contributed by atoms with E-state index >= 15 is 0 Å². The second-order valence-electron chi connectivity index (χ2n) is 10.8. The Kier molecular flexibility index (Phi) is 5.29. The summed E-state index contributed by atoms with van der Waals surface area (Å²) in [5.41, 5.74) is -2.07. The number of hydrogen-bond acceptors (Lipinski definition) is 6. The first kappa shape index (κ1) is 24.9. The van der Waals surface area contributed by atoms with Crippen molar-refractivity contribution in [2.45, 2.75) is 54.6 Å². The lowest BCUT2D eigenvalue weighted by Crippen LogP contribution is -2.79. The number of Topliss-reactive ketones (excluding diaryl/α,β-unsaturated/α-hetero) is 1. The monoisotopic (exact) mass is 528 g/mol. The maximum atomic E-state index is 13.5. The highest BCUT2D eigenvalue weighted by molar-refractivity contribution is 6.06. The molecule has 0 unspecified atom stereocenters. The number of aliphatic hydroxyl groups is 1. The second kappa shape index (κ2) is 8.07. The lowest BCUT2D eigenvalue weighted by molar-refractivity contribution is -0.184. The van der Waals surface area contributed by atoms with Crippen LogP contribution in [0.4, 0.5) is 13.2 Å². The smallest absolute Gasteiger partial charge is 0.416 e. The molecular weight excluding hydrogens is 501 g/mol. The Morgan fingerprint density at radius 1 is 1.24 bits per heavy atom. The zero-order valence-corrected chi connectivity index (χ0v) is 20.8. The Morgan fingerprint density at radius 3 is 2.74 bits per heavy atom. The van der Waals surface area contributed by atoms with Gasteiger partial charge in [0.25, 0.3) is 0 Å². The van der Waals surface area contributed by atoms with Gasteiger partial charge in [-0.3, -0.25) is 14.5 Å². The molecule has 4 aliphatic rings. The van der Waals surface area contributed by atoms with E-state index in [1.807, 2.05) is 11.9 Å². The molecule has 1 saturated heterocycles. The van der Waals surface area contributed by atoms with E-state index in [1.54, 1.807) is 13.1 Å². The topological polar surface area (TPSA) is 90.3 Å². The summed E-state index contributed by atoms with van der Waals surface area (Å²) in [5, 5.41) is 22.8. The number of phenols is 1. The number of carbonyl (C=O) groups excluding carboxylic acids is 2. The Balaban J connectivity index is 1.36. The average molecular weight is 529 g/mol. The molecule has 2 heterocycles. The van der Waals surface area contributed by atoms with Gasteiger partial charge in [-0.2, -0.15) is 13.2 Å². The molecule has 2 aromatic rings. The van der Waals surface area contributed by atoms with Crippen LogP contribution in [-0.2, 0) is 16.4 Å². The summed E-state index contributed by atoms with van der Waals surface area (Å²) < 4.78 is 45.6. The first-order valence-corrected chi connectivity index (χ1v) is 12.5. The molecular formula is C28H27F3N2O5. The number of halogens is 3. The standard InChI is InChI=1S/C28H27F3N2O5/c1-32-13-12-26-21-17-7-8-19(34)23(21)38-25(26)18(10-11-27(26,37)24(32)22(17)36)33(2)20(35)9-6-15-4-3-5-16(14-15)28(29,30)31/h3-9,14,18,24-25,34,37H,10-13H2,1-2H3/t18-,24+,25-,26-,27+/m0/s1. The fraction of sp³-hybridized carbons (Fsp3) is 0.429. The summed E-state index contributed by atoms with van der Waals surface area (Å²) in [7, 11) is 3.41. The summed E-state index contributed by atoms with van der Waals surface area (Å²) in [6.07, 6.45) is -1.60. The van der Waals surface area contributed by atoms with Crippen LogP contribution < -0.4 is 4.74 Å².